The number of fused-ring (bicyclic) bond motifs is 2. The van der Waals surface area contributed by atoms with Gasteiger partial charge in [-0.15, -0.1) is 0 Å². The van der Waals surface area contributed by atoms with Crippen LogP contribution in [0.2, 0.25) is 0 Å². The molecule has 0 unspecified atom stereocenters. The summed E-state index contributed by atoms with van der Waals surface area (Å²) in [6.45, 7) is 7.77. The van der Waals surface area contributed by atoms with Crippen molar-refractivity contribution in [3.8, 4) is 17.4 Å². The first kappa shape index (κ1) is 27.3. The second-order valence-corrected chi connectivity index (χ2v) is 13.0. The third-order valence-corrected chi connectivity index (χ3v) is 8.45. The van der Waals surface area contributed by atoms with Crippen LogP contribution in [0, 0.1) is 5.41 Å². The lowest BCUT2D eigenvalue weighted by Gasteiger charge is -2.47. The molecule has 216 valence electrons. The Kier molecular flexibility index (Phi) is 7.39. The predicted molar refractivity (Wildman–Crippen MR) is 149 cm³/mol. The van der Waals surface area contributed by atoms with E-state index in [-0.39, 0.29) is 29.8 Å². The molecule has 3 aliphatic heterocycles. The van der Waals surface area contributed by atoms with Gasteiger partial charge in [0.25, 0.3) is 0 Å². The number of carbonyl (C=O) groups excluding carboxylic acids is 1. The molecule has 1 aliphatic carbocycles. The van der Waals surface area contributed by atoms with Crippen LogP contribution in [0.5, 0.6) is 17.4 Å². The first-order valence-electron chi connectivity index (χ1n) is 14.6. The van der Waals surface area contributed by atoms with Crippen LogP contribution in [-0.2, 0) is 22.4 Å². The molecule has 0 bridgehead atoms. The van der Waals surface area contributed by atoms with E-state index in [9.17, 15) is 9.90 Å². The molecule has 3 N–H and O–H groups in total. The van der Waals surface area contributed by atoms with Gasteiger partial charge in [0.05, 0.1) is 18.8 Å². The second-order valence-electron chi connectivity index (χ2n) is 13.0. The number of aliphatic hydroxyl groups is 1. The van der Waals surface area contributed by atoms with Gasteiger partial charge in [0, 0.05) is 37.2 Å². The van der Waals surface area contributed by atoms with Crippen molar-refractivity contribution >= 4 is 5.91 Å². The van der Waals surface area contributed by atoms with Crippen LogP contribution >= 0.6 is 0 Å². The van der Waals surface area contributed by atoms with Crippen molar-refractivity contribution in [3.63, 3.8) is 0 Å². The topological polar surface area (TPSA) is 111 Å². The number of ether oxygens (including phenoxy) is 4. The first-order chi connectivity index (χ1) is 19.2. The minimum absolute atomic E-state index is 0.00276. The van der Waals surface area contributed by atoms with E-state index in [2.05, 4.69) is 37.5 Å². The number of aromatic nitrogens is 1. The van der Waals surface area contributed by atoms with E-state index in [1.807, 2.05) is 24.4 Å². The summed E-state index contributed by atoms with van der Waals surface area (Å²) in [5.74, 6) is 1.90. The monoisotopic (exact) mass is 551 g/mol. The van der Waals surface area contributed by atoms with Gasteiger partial charge in [0.2, 0.25) is 18.6 Å². The average molecular weight is 552 g/mol. The fraction of sp³-hybridized carbons (Fsp3) is 0.613. The molecule has 6 rings (SSSR count). The minimum Gasteiger partial charge on any atom is -0.471 e. The third-order valence-electron chi connectivity index (χ3n) is 8.45. The summed E-state index contributed by atoms with van der Waals surface area (Å²) < 4.78 is 22.8. The van der Waals surface area contributed by atoms with Gasteiger partial charge in [-0.2, -0.15) is 0 Å². The Balaban J connectivity index is 1.18. The van der Waals surface area contributed by atoms with E-state index < -0.39 is 18.2 Å². The van der Waals surface area contributed by atoms with Crippen LogP contribution < -0.4 is 24.8 Å². The zero-order valence-electron chi connectivity index (χ0n) is 23.7. The van der Waals surface area contributed by atoms with Crippen LogP contribution in [0.1, 0.15) is 75.6 Å². The Hall–Kier alpha value is -2.88. The minimum atomic E-state index is -0.830. The van der Waals surface area contributed by atoms with Crippen molar-refractivity contribution in [1.29, 1.82) is 0 Å². The highest BCUT2D eigenvalue weighted by Gasteiger charge is 2.46. The molecule has 1 saturated heterocycles. The van der Waals surface area contributed by atoms with E-state index in [0.717, 1.165) is 43.2 Å². The fourth-order valence-electron chi connectivity index (χ4n) is 6.08. The molecule has 1 saturated carbocycles. The van der Waals surface area contributed by atoms with E-state index in [4.69, 9.17) is 23.9 Å². The van der Waals surface area contributed by atoms with Crippen molar-refractivity contribution < 1.29 is 28.8 Å². The van der Waals surface area contributed by atoms with Crippen molar-refractivity contribution in [2.45, 2.75) is 95.6 Å². The molecule has 4 aliphatic rings. The summed E-state index contributed by atoms with van der Waals surface area (Å²) in [6.07, 6.45) is 6.74. The Bertz CT molecular complexity index is 1240. The number of amides is 1. The molecule has 2 fully saturated rings. The second kappa shape index (κ2) is 10.8. The smallest absolute Gasteiger partial charge is 0.249 e. The predicted octanol–water partition coefficient (Wildman–Crippen LogP) is 3.61. The van der Waals surface area contributed by atoms with Gasteiger partial charge in [-0.1, -0.05) is 26.8 Å². The van der Waals surface area contributed by atoms with E-state index in [1.54, 1.807) is 0 Å². The lowest BCUT2D eigenvalue weighted by molar-refractivity contribution is -0.146. The molecule has 9 heteroatoms. The number of nitrogens with one attached hydrogen (secondary N) is 2. The number of pyridine rings is 1. The van der Waals surface area contributed by atoms with E-state index in [1.165, 1.54) is 5.56 Å². The lowest BCUT2D eigenvalue weighted by Crippen LogP contribution is -2.54. The summed E-state index contributed by atoms with van der Waals surface area (Å²) in [6, 6.07) is 7.44. The van der Waals surface area contributed by atoms with Gasteiger partial charge >= 0.3 is 0 Å². The summed E-state index contributed by atoms with van der Waals surface area (Å²) in [7, 11) is 0. The fourth-order valence-corrected chi connectivity index (χ4v) is 6.08. The summed E-state index contributed by atoms with van der Waals surface area (Å²) in [5.41, 5.74) is 3.13. The Morgan fingerprint density at radius 2 is 1.98 bits per heavy atom. The number of rotatable bonds is 9. The summed E-state index contributed by atoms with van der Waals surface area (Å²) in [5, 5.41) is 18.1. The Labute approximate surface area is 235 Å². The maximum Gasteiger partial charge on any atom is 0.249 e. The van der Waals surface area contributed by atoms with Gasteiger partial charge in [-0.05, 0) is 66.8 Å². The lowest BCUT2D eigenvalue weighted by atomic mass is 9.73. The molecule has 9 nitrogen and oxygen atoms in total. The average Bonchev–Trinajstić information content (AvgIpc) is 3.31. The molecule has 2 aromatic rings. The van der Waals surface area contributed by atoms with Crippen LogP contribution in [0.3, 0.4) is 0 Å². The molecule has 1 amide bonds. The van der Waals surface area contributed by atoms with Gasteiger partial charge in [-0.3, -0.25) is 4.79 Å². The molecular weight excluding hydrogens is 510 g/mol. The Morgan fingerprint density at radius 1 is 1.18 bits per heavy atom. The normalized spacial score (nSPS) is 23.8. The molecule has 4 heterocycles. The first-order valence-corrected chi connectivity index (χ1v) is 14.6. The SMILES string of the molecule is CC(C)(C)Cc1cnc2c(c1)[C@@H](NC[C@@H](O)[C@H](Cc1ccc3c(c1)OCO3)NC(=O)[C@H]1CCO1)CC1(CCC1)O2. The van der Waals surface area contributed by atoms with Crippen molar-refractivity contribution in [2.24, 2.45) is 5.41 Å². The molecule has 0 radical (unpaired) electrons. The highest BCUT2D eigenvalue weighted by Crippen LogP contribution is 2.48. The zero-order valence-corrected chi connectivity index (χ0v) is 23.7. The number of aliphatic hydroxyl groups excluding tert-OH is 1. The molecular formula is C31H41N3O6. The van der Waals surface area contributed by atoms with Crippen molar-refractivity contribution in [2.75, 3.05) is 19.9 Å². The molecule has 1 aromatic carbocycles. The standard InChI is InChI=1S/C31H41N3O6/c1-30(2,3)14-20-11-21-23(15-31(8-4-9-31)40-29(21)33-16-20)32-17-24(35)22(34-28(36)26-7-10-37-26)12-19-5-6-25-27(13-19)39-18-38-25/h5-6,11,13,16,22-24,26,32,35H,4,7-10,12,14-15,17-18H2,1-3H3,(H,34,36)/t22-,23-,24+,26+/m0/s1. The van der Waals surface area contributed by atoms with Crippen molar-refractivity contribution in [1.82, 2.24) is 15.6 Å². The maximum atomic E-state index is 12.8. The highest BCUT2D eigenvalue weighted by atomic mass is 16.7. The Morgan fingerprint density at radius 3 is 2.67 bits per heavy atom. The van der Waals surface area contributed by atoms with Crippen LogP contribution in [-0.4, -0.2) is 59.8 Å². The molecule has 4 atom stereocenters. The summed E-state index contributed by atoms with van der Waals surface area (Å²) >= 11 is 0. The number of hydrogen-bond acceptors (Lipinski definition) is 8. The highest BCUT2D eigenvalue weighted by molar-refractivity contribution is 5.81. The third kappa shape index (κ3) is 5.92. The van der Waals surface area contributed by atoms with E-state index >= 15 is 0 Å². The van der Waals surface area contributed by atoms with E-state index in [0.29, 0.717) is 43.4 Å². The number of benzene rings is 1. The largest absolute Gasteiger partial charge is 0.471 e. The van der Waals surface area contributed by atoms with Crippen LogP contribution in [0.15, 0.2) is 30.5 Å². The van der Waals surface area contributed by atoms with Gasteiger partial charge in [-0.25, -0.2) is 4.98 Å². The van der Waals surface area contributed by atoms with Crippen molar-refractivity contribution in [3.05, 3.63) is 47.2 Å². The van der Waals surface area contributed by atoms with Crippen LogP contribution in [0.4, 0.5) is 0 Å². The molecule has 1 aromatic heterocycles. The maximum absolute atomic E-state index is 12.8. The number of hydrogen-bond donors (Lipinski definition) is 3. The van der Waals surface area contributed by atoms with Gasteiger partial charge in [0.15, 0.2) is 11.5 Å². The molecule has 1 spiro atoms. The number of nitrogens with zero attached hydrogens (tertiary/aromatic N) is 1. The zero-order chi connectivity index (χ0) is 27.9. The van der Waals surface area contributed by atoms with Gasteiger partial charge < -0.3 is 34.7 Å². The molecule has 40 heavy (non-hydrogen) atoms. The van der Waals surface area contributed by atoms with Gasteiger partial charge in [0.1, 0.15) is 11.7 Å². The number of carbonyl (C=O) groups is 1. The quantitative estimate of drug-likeness (QED) is 0.434. The summed E-state index contributed by atoms with van der Waals surface area (Å²) in [4.78, 5) is 17.6. The van der Waals surface area contributed by atoms with Crippen LogP contribution in [0.25, 0.3) is 0 Å².